The van der Waals surface area contributed by atoms with Gasteiger partial charge in [-0.1, -0.05) is 13.0 Å². The van der Waals surface area contributed by atoms with Crippen molar-refractivity contribution in [2.75, 3.05) is 13.7 Å². The summed E-state index contributed by atoms with van der Waals surface area (Å²) in [5.74, 6) is 1.97. The molecule has 2 nitrogen and oxygen atoms in total. The Morgan fingerprint density at radius 2 is 2.15 bits per heavy atom. The molecule has 0 aliphatic heterocycles. The summed E-state index contributed by atoms with van der Waals surface area (Å²) in [5.41, 5.74) is 1.28. The molecule has 1 aliphatic carbocycles. The van der Waals surface area contributed by atoms with Crippen LogP contribution in [0.15, 0.2) is 23.2 Å². The van der Waals surface area contributed by atoms with Crippen LogP contribution in [0.3, 0.4) is 0 Å². The second kappa shape index (κ2) is 4.95. The molecule has 0 radical (unpaired) electrons. The van der Waals surface area contributed by atoms with E-state index in [1.807, 2.05) is 6.92 Å². The molecule has 0 aromatic heterocycles. The molecule has 2 heteroatoms. The van der Waals surface area contributed by atoms with Crippen LogP contribution in [0.4, 0.5) is 0 Å². The number of allylic oxidation sites excluding steroid dienone is 3. The van der Waals surface area contributed by atoms with Crippen molar-refractivity contribution in [3.63, 3.8) is 0 Å². The van der Waals surface area contributed by atoms with Gasteiger partial charge in [-0.2, -0.15) is 0 Å². The number of hydrogen-bond acceptors (Lipinski definition) is 2. The summed E-state index contributed by atoms with van der Waals surface area (Å²) in [6.07, 6.45) is 5.30. The molecule has 0 atom stereocenters. The van der Waals surface area contributed by atoms with E-state index in [-0.39, 0.29) is 0 Å². The Bertz CT molecular complexity index is 226. The topological polar surface area (TPSA) is 18.5 Å². The van der Waals surface area contributed by atoms with Crippen LogP contribution in [0.5, 0.6) is 0 Å². The van der Waals surface area contributed by atoms with E-state index in [0.717, 1.165) is 30.8 Å². The fraction of sp³-hybridized carbons (Fsp3) is 0.636. The summed E-state index contributed by atoms with van der Waals surface area (Å²) < 4.78 is 10.9. The monoisotopic (exact) mass is 182 g/mol. The van der Waals surface area contributed by atoms with Gasteiger partial charge in [0.15, 0.2) is 5.76 Å². The molecular formula is C11H18O2. The lowest BCUT2D eigenvalue weighted by molar-refractivity contribution is 0.184. The first-order valence-electron chi connectivity index (χ1n) is 4.92. The highest BCUT2D eigenvalue weighted by atomic mass is 16.5. The van der Waals surface area contributed by atoms with Crippen LogP contribution in [0.1, 0.15) is 33.1 Å². The van der Waals surface area contributed by atoms with E-state index in [9.17, 15) is 0 Å². The summed E-state index contributed by atoms with van der Waals surface area (Å²) in [4.78, 5) is 0. The van der Waals surface area contributed by atoms with Crippen molar-refractivity contribution in [3.05, 3.63) is 23.2 Å². The highest BCUT2D eigenvalue weighted by Crippen LogP contribution is 2.28. The minimum Gasteiger partial charge on any atom is -0.497 e. The first-order chi connectivity index (χ1) is 6.33. The predicted molar refractivity (Wildman–Crippen MR) is 53.3 cm³/mol. The molecule has 0 bridgehead atoms. The lowest BCUT2D eigenvalue weighted by atomic mass is 10.0. The molecule has 74 valence electrons. The van der Waals surface area contributed by atoms with Gasteiger partial charge in [0.2, 0.25) is 0 Å². The minimum absolute atomic E-state index is 0.708. The molecule has 0 fully saturated rings. The Kier molecular flexibility index (Phi) is 3.87. The SMILES string of the molecule is CCOC1=C(OC)CCC=C1CC. The zero-order valence-electron chi connectivity index (χ0n) is 8.72. The van der Waals surface area contributed by atoms with Gasteiger partial charge in [-0.15, -0.1) is 0 Å². The number of rotatable bonds is 4. The van der Waals surface area contributed by atoms with Gasteiger partial charge in [-0.05, 0) is 25.3 Å². The summed E-state index contributed by atoms with van der Waals surface area (Å²) in [5, 5.41) is 0. The third-order valence-electron chi connectivity index (χ3n) is 2.22. The molecule has 1 rings (SSSR count). The maximum Gasteiger partial charge on any atom is 0.159 e. The Hall–Kier alpha value is -0.920. The molecule has 0 amide bonds. The van der Waals surface area contributed by atoms with Gasteiger partial charge < -0.3 is 9.47 Å². The average Bonchev–Trinajstić information content (AvgIpc) is 2.18. The van der Waals surface area contributed by atoms with Crippen LogP contribution in [-0.4, -0.2) is 13.7 Å². The summed E-state index contributed by atoms with van der Waals surface area (Å²) in [6, 6.07) is 0. The Labute approximate surface area is 80.2 Å². The van der Waals surface area contributed by atoms with E-state index < -0.39 is 0 Å². The predicted octanol–water partition coefficient (Wildman–Crippen LogP) is 3.01. The third kappa shape index (κ3) is 2.27. The number of hydrogen-bond donors (Lipinski definition) is 0. The van der Waals surface area contributed by atoms with Crippen LogP contribution in [0.2, 0.25) is 0 Å². The third-order valence-corrected chi connectivity index (χ3v) is 2.22. The van der Waals surface area contributed by atoms with E-state index in [1.54, 1.807) is 7.11 Å². The van der Waals surface area contributed by atoms with Gasteiger partial charge in [0.25, 0.3) is 0 Å². The van der Waals surface area contributed by atoms with Gasteiger partial charge in [-0.25, -0.2) is 0 Å². The normalized spacial score (nSPS) is 17.0. The number of methoxy groups -OCH3 is 1. The second-order valence-electron chi connectivity index (χ2n) is 3.01. The van der Waals surface area contributed by atoms with Crippen LogP contribution in [0.25, 0.3) is 0 Å². The zero-order valence-corrected chi connectivity index (χ0v) is 8.72. The fourth-order valence-electron chi connectivity index (χ4n) is 1.58. The van der Waals surface area contributed by atoms with Gasteiger partial charge in [-0.3, -0.25) is 0 Å². The molecular weight excluding hydrogens is 164 g/mol. The summed E-state index contributed by atoms with van der Waals surface area (Å²) >= 11 is 0. The van der Waals surface area contributed by atoms with Gasteiger partial charge in [0, 0.05) is 6.42 Å². The Morgan fingerprint density at radius 3 is 2.69 bits per heavy atom. The molecule has 0 N–H and O–H groups in total. The van der Waals surface area contributed by atoms with Crippen molar-refractivity contribution in [3.8, 4) is 0 Å². The quantitative estimate of drug-likeness (QED) is 0.665. The maximum atomic E-state index is 5.58. The standard InChI is InChI=1S/C11H18O2/c1-4-9-7-6-8-10(12-3)11(9)13-5-2/h7H,4-6,8H2,1-3H3. The lowest BCUT2D eigenvalue weighted by Crippen LogP contribution is -2.06. The van der Waals surface area contributed by atoms with Crippen LogP contribution >= 0.6 is 0 Å². The fourth-order valence-corrected chi connectivity index (χ4v) is 1.58. The van der Waals surface area contributed by atoms with E-state index in [0.29, 0.717) is 6.61 Å². The largest absolute Gasteiger partial charge is 0.497 e. The number of ether oxygens (including phenoxy) is 2. The molecule has 0 aromatic carbocycles. The highest BCUT2D eigenvalue weighted by molar-refractivity contribution is 5.31. The van der Waals surface area contributed by atoms with Gasteiger partial charge in [0.05, 0.1) is 13.7 Å². The van der Waals surface area contributed by atoms with Gasteiger partial charge >= 0.3 is 0 Å². The van der Waals surface area contributed by atoms with Crippen molar-refractivity contribution in [2.24, 2.45) is 0 Å². The van der Waals surface area contributed by atoms with Crippen LogP contribution in [0, 0.1) is 0 Å². The van der Waals surface area contributed by atoms with Crippen LogP contribution in [-0.2, 0) is 9.47 Å². The molecule has 0 aromatic rings. The Morgan fingerprint density at radius 1 is 1.38 bits per heavy atom. The smallest absolute Gasteiger partial charge is 0.159 e. The molecule has 13 heavy (non-hydrogen) atoms. The van der Waals surface area contributed by atoms with Crippen LogP contribution < -0.4 is 0 Å². The van der Waals surface area contributed by atoms with Crippen molar-refractivity contribution in [2.45, 2.75) is 33.1 Å². The van der Waals surface area contributed by atoms with E-state index in [1.165, 1.54) is 5.57 Å². The summed E-state index contributed by atoms with van der Waals surface area (Å²) in [7, 11) is 1.72. The van der Waals surface area contributed by atoms with E-state index in [4.69, 9.17) is 9.47 Å². The molecule has 0 saturated heterocycles. The van der Waals surface area contributed by atoms with Crippen molar-refractivity contribution < 1.29 is 9.47 Å². The molecule has 0 unspecified atom stereocenters. The molecule has 0 heterocycles. The summed E-state index contributed by atoms with van der Waals surface area (Å²) in [6.45, 7) is 4.85. The lowest BCUT2D eigenvalue weighted by Gasteiger charge is -2.19. The maximum absolute atomic E-state index is 5.58. The van der Waals surface area contributed by atoms with Crippen molar-refractivity contribution in [1.29, 1.82) is 0 Å². The van der Waals surface area contributed by atoms with Crippen molar-refractivity contribution in [1.82, 2.24) is 0 Å². The minimum atomic E-state index is 0.708. The van der Waals surface area contributed by atoms with Gasteiger partial charge in [0.1, 0.15) is 5.76 Å². The van der Waals surface area contributed by atoms with E-state index in [2.05, 4.69) is 13.0 Å². The zero-order chi connectivity index (χ0) is 9.68. The average molecular weight is 182 g/mol. The molecule has 0 saturated carbocycles. The highest BCUT2D eigenvalue weighted by Gasteiger charge is 2.16. The Balaban J connectivity index is 2.85. The first kappa shape index (κ1) is 10.2. The first-order valence-corrected chi connectivity index (χ1v) is 4.92. The second-order valence-corrected chi connectivity index (χ2v) is 3.01. The van der Waals surface area contributed by atoms with Crippen molar-refractivity contribution >= 4 is 0 Å². The van der Waals surface area contributed by atoms with E-state index >= 15 is 0 Å². The molecule has 1 aliphatic rings. The molecule has 0 spiro atoms.